The molecule has 0 radical (unpaired) electrons. The number of aliphatic hydroxyl groups is 1. The molecule has 1 atom stereocenters. The van der Waals surface area contributed by atoms with Crippen molar-refractivity contribution in [2.75, 3.05) is 13.6 Å². The lowest BCUT2D eigenvalue weighted by Crippen LogP contribution is -2.46. The van der Waals surface area contributed by atoms with Crippen LogP contribution in [0.3, 0.4) is 0 Å². The topological polar surface area (TPSA) is 60.8 Å². The summed E-state index contributed by atoms with van der Waals surface area (Å²) in [6.45, 7) is 5.83. The van der Waals surface area contributed by atoms with Crippen molar-refractivity contribution in [3.8, 4) is 0 Å². The predicted octanol–water partition coefficient (Wildman–Crippen LogP) is 0.942. The highest BCUT2D eigenvalue weighted by molar-refractivity contribution is 5.72. The average molecular weight is 203 g/mol. The third kappa shape index (κ3) is 3.64. The highest BCUT2D eigenvalue weighted by Crippen LogP contribution is 2.16. The number of nitrogens with zero attached hydrogens (tertiary/aromatic N) is 1. The molecule has 84 valence electrons. The van der Waals surface area contributed by atoms with Gasteiger partial charge in [-0.3, -0.25) is 9.69 Å². The van der Waals surface area contributed by atoms with Crippen LogP contribution in [0, 0.1) is 0 Å². The van der Waals surface area contributed by atoms with Crippen LogP contribution in [0.4, 0.5) is 0 Å². The molecule has 0 spiro atoms. The largest absolute Gasteiger partial charge is 0.480 e. The number of carboxylic acids is 1. The lowest BCUT2D eigenvalue weighted by atomic mass is 9.96. The maximum Gasteiger partial charge on any atom is 0.320 e. The van der Waals surface area contributed by atoms with Crippen LogP contribution in [0.15, 0.2) is 0 Å². The molecular formula is C10H21NO3. The van der Waals surface area contributed by atoms with Crippen molar-refractivity contribution >= 4 is 5.97 Å². The lowest BCUT2D eigenvalue weighted by molar-refractivity contribution is -0.143. The zero-order valence-electron chi connectivity index (χ0n) is 9.45. The first-order valence-electron chi connectivity index (χ1n) is 5.01. The fourth-order valence-corrected chi connectivity index (χ4v) is 1.26. The molecule has 4 heteroatoms. The van der Waals surface area contributed by atoms with E-state index in [-0.39, 0.29) is 0 Å². The first kappa shape index (κ1) is 13.4. The molecule has 0 aromatic carbocycles. The normalized spacial score (nSPS) is 14.4. The Bertz CT molecular complexity index is 190. The Morgan fingerprint density at radius 3 is 2.14 bits per heavy atom. The van der Waals surface area contributed by atoms with Gasteiger partial charge in [0.05, 0.1) is 5.60 Å². The zero-order valence-corrected chi connectivity index (χ0v) is 9.45. The minimum Gasteiger partial charge on any atom is -0.480 e. The summed E-state index contributed by atoms with van der Waals surface area (Å²) in [5.74, 6) is -0.859. The Morgan fingerprint density at radius 1 is 1.43 bits per heavy atom. The molecule has 1 unspecified atom stereocenters. The predicted molar refractivity (Wildman–Crippen MR) is 55.3 cm³/mol. The van der Waals surface area contributed by atoms with Crippen LogP contribution in [0.1, 0.15) is 33.6 Å². The number of rotatable bonds is 6. The van der Waals surface area contributed by atoms with Gasteiger partial charge in [-0.25, -0.2) is 0 Å². The smallest absolute Gasteiger partial charge is 0.320 e. The molecule has 2 N–H and O–H groups in total. The zero-order chi connectivity index (χ0) is 11.4. The van der Waals surface area contributed by atoms with Gasteiger partial charge in [-0.05, 0) is 26.8 Å². The second-order valence-corrected chi connectivity index (χ2v) is 3.86. The van der Waals surface area contributed by atoms with Crippen molar-refractivity contribution in [2.45, 2.75) is 45.3 Å². The third-order valence-electron chi connectivity index (χ3n) is 2.88. The molecule has 0 aromatic rings. The summed E-state index contributed by atoms with van der Waals surface area (Å²) in [5, 5.41) is 18.8. The van der Waals surface area contributed by atoms with Crippen LogP contribution in [0.2, 0.25) is 0 Å². The highest BCUT2D eigenvalue weighted by atomic mass is 16.4. The number of carbonyl (C=O) groups is 1. The van der Waals surface area contributed by atoms with E-state index in [4.69, 9.17) is 5.11 Å². The minimum absolute atomic E-state index is 0.396. The van der Waals surface area contributed by atoms with Gasteiger partial charge in [0.1, 0.15) is 6.04 Å². The molecule has 0 aliphatic rings. The van der Waals surface area contributed by atoms with Gasteiger partial charge >= 0.3 is 5.97 Å². The molecule has 0 saturated carbocycles. The monoisotopic (exact) mass is 203 g/mol. The SMILES string of the molecule is CCC(O)(CC)CN(C)C(C)C(=O)O. The summed E-state index contributed by atoms with van der Waals surface area (Å²) in [6.07, 6.45) is 1.28. The average Bonchev–Trinajstić information content (AvgIpc) is 2.16. The summed E-state index contributed by atoms with van der Waals surface area (Å²) in [6, 6.07) is -0.556. The second-order valence-electron chi connectivity index (χ2n) is 3.86. The number of aliphatic carboxylic acids is 1. The van der Waals surface area contributed by atoms with Crippen LogP contribution in [0.25, 0.3) is 0 Å². The molecule has 0 aliphatic heterocycles. The van der Waals surface area contributed by atoms with E-state index in [0.29, 0.717) is 19.4 Å². The molecule has 0 amide bonds. The van der Waals surface area contributed by atoms with Crippen LogP contribution in [-0.4, -0.2) is 46.3 Å². The second kappa shape index (κ2) is 5.32. The molecule has 0 aromatic heterocycles. The molecule has 0 heterocycles. The Labute approximate surface area is 85.5 Å². The molecular weight excluding hydrogens is 182 g/mol. The minimum atomic E-state index is -0.859. The Morgan fingerprint density at radius 2 is 1.86 bits per heavy atom. The van der Waals surface area contributed by atoms with E-state index in [9.17, 15) is 9.90 Å². The third-order valence-corrected chi connectivity index (χ3v) is 2.88. The Balaban J connectivity index is 4.29. The van der Waals surface area contributed by atoms with Gasteiger partial charge in [-0.1, -0.05) is 13.8 Å². The molecule has 0 aliphatic carbocycles. The van der Waals surface area contributed by atoms with E-state index >= 15 is 0 Å². The summed E-state index contributed by atoms with van der Waals surface area (Å²) in [5.41, 5.74) is -0.765. The number of likely N-dealkylation sites (N-methyl/N-ethyl adjacent to an activating group) is 1. The summed E-state index contributed by atoms with van der Waals surface area (Å²) in [7, 11) is 1.72. The first-order chi connectivity index (χ1) is 6.36. The fourth-order valence-electron chi connectivity index (χ4n) is 1.26. The van der Waals surface area contributed by atoms with Crippen molar-refractivity contribution in [3.05, 3.63) is 0 Å². The lowest BCUT2D eigenvalue weighted by Gasteiger charge is -2.32. The quantitative estimate of drug-likeness (QED) is 0.674. The van der Waals surface area contributed by atoms with Crippen molar-refractivity contribution in [1.29, 1.82) is 0 Å². The van der Waals surface area contributed by atoms with Crippen molar-refractivity contribution in [1.82, 2.24) is 4.90 Å². The van der Waals surface area contributed by atoms with Crippen molar-refractivity contribution < 1.29 is 15.0 Å². The van der Waals surface area contributed by atoms with Crippen LogP contribution < -0.4 is 0 Å². The van der Waals surface area contributed by atoms with E-state index in [1.54, 1.807) is 18.9 Å². The Kier molecular flexibility index (Phi) is 5.08. The van der Waals surface area contributed by atoms with Crippen molar-refractivity contribution in [2.24, 2.45) is 0 Å². The van der Waals surface area contributed by atoms with E-state index in [0.717, 1.165) is 0 Å². The first-order valence-corrected chi connectivity index (χ1v) is 5.01. The molecule has 0 saturated heterocycles. The van der Waals surface area contributed by atoms with Gasteiger partial charge in [-0.2, -0.15) is 0 Å². The maximum absolute atomic E-state index is 10.7. The van der Waals surface area contributed by atoms with Gasteiger partial charge in [0.15, 0.2) is 0 Å². The van der Waals surface area contributed by atoms with Gasteiger partial charge in [0.25, 0.3) is 0 Å². The number of carboxylic acid groups (broad SMARTS) is 1. The maximum atomic E-state index is 10.7. The van der Waals surface area contributed by atoms with Gasteiger partial charge in [-0.15, -0.1) is 0 Å². The molecule has 0 bridgehead atoms. The number of hydrogen-bond donors (Lipinski definition) is 2. The summed E-state index contributed by atoms with van der Waals surface area (Å²) >= 11 is 0. The summed E-state index contributed by atoms with van der Waals surface area (Å²) < 4.78 is 0. The summed E-state index contributed by atoms with van der Waals surface area (Å²) in [4.78, 5) is 12.3. The van der Waals surface area contributed by atoms with Crippen molar-refractivity contribution in [3.63, 3.8) is 0 Å². The standard InChI is InChI=1S/C10H21NO3/c1-5-10(14,6-2)7-11(4)8(3)9(12)13/h8,14H,5-7H2,1-4H3,(H,12,13). The molecule has 14 heavy (non-hydrogen) atoms. The van der Waals surface area contributed by atoms with Crippen LogP contribution >= 0.6 is 0 Å². The van der Waals surface area contributed by atoms with Gasteiger partial charge in [0.2, 0.25) is 0 Å². The van der Waals surface area contributed by atoms with Crippen LogP contribution in [-0.2, 0) is 4.79 Å². The van der Waals surface area contributed by atoms with E-state index in [2.05, 4.69) is 0 Å². The molecule has 0 fully saturated rings. The molecule has 0 rings (SSSR count). The van der Waals surface area contributed by atoms with E-state index < -0.39 is 17.6 Å². The van der Waals surface area contributed by atoms with Gasteiger partial charge < -0.3 is 10.2 Å². The molecule has 4 nitrogen and oxygen atoms in total. The van der Waals surface area contributed by atoms with Gasteiger partial charge in [0, 0.05) is 6.54 Å². The highest BCUT2D eigenvalue weighted by Gasteiger charge is 2.27. The van der Waals surface area contributed by atoms with E-state index in [1.807, 2.05) is 13.8 Å². The van der Waals surface area contributed by atoms with Crippen LogP contribution in [0.5, 0.6) is 0 Å². The number of hydrogen-bond acceptors (Lipinski definition) is 3. The Hall–Kier alpha value is -0.610. The van der Waals surface area contributed by atoms with E-state index in [1.165, 1.54) is 0 Å². The fraction of sp³-hybridized carbons (Fsp3) is 0.900.